The molecule has 0 spiro atoms. The Morgan fingerprint density at radius 2 is 1.64 bits per heavy atom. The largest absolute Gasteiger partial charge is 0.442 e. The third-order valence-electron chi connectivity index (χ3n) is 6.95. The van der Waals surface area contributed by atoms with E-state index in [1.165, 1.54) is 31.2 Å². The van der Waals surface area contributed by atoms with Gasteiger partial charge in [-0.25, -0.2) is 0 Å². The highest BCUT2D eigenvalue weighted by molar-refractivity contribution is 7.59. The van der Waals surface area contributed by atoms with Crippen LogP contribution in [0.4, 0.5) is 5.69 Å². The SMILES string of the molecule is C=C(CC)Nc1ccc(CCC)cc1.CC.CC(N)C(=O)N1CCCC1P(C)(=O)Oc1ccccc1.CCCCCOCCC. The van der Waals surface area contributed by atoms with Crippen LogP contribution in [0, 0.1) is 0 Å². The molecule has 3 N–H and O–H groups in total. The topological polar surface area (TPSA) is 93.9 Å². The number of unbranched alkanes of at least 4 members (excludes halogenated alkanes) is 2. The minimum Gasteiger partial charge on any atom is -0.442 e. The van der Waals surface area contributed by atoms with E-state index in [4.69, 9.17) is 15.0 Å². The second kappa shape index (κ2) is 25.6. The van der Waals surface area contributed by atoms with Crippen LogP contribution in [0.25, 0.3) is 0 Å². The number of carbonyl (C=O) groups excluding carboxylic acids is 1. The lowest BCUT2D eigenvalue weighted by Gasteiger charge is -2.30. The monoisotopic (exact) mass is 645 g/mol. The molecule has 0 bridgehead atoms. The number of aryl methyl sites for hydroxylation is 1. The zero-order chi connectivity index (χ0) is 34.1. The highest BCUT2D eigenvalue weighted by atomic mass is 31.2. The van der Waals surface area contributed by atoms with Crippen LogP contribution in [0.5, 0.6) is 5.75 Å². The van der Waals surface area contributed by atoms with Crippen molar-refractivity contribution >= 4 is 19.0 Å². The summed E-state index contributed by atoms with van der Waals surface area (Å²) in [7, 11) is -2.96. The Labute approximate surface area is 275 Å². The van der Waals surface area contributed by atoms with Gasteiger partial charge >= 0.3 is 0 Å². The summed E-state index contributed by atoms with van der Waals surface area (Å²) >= 11 is 0. The van der Waals surface area contributed by atoms with Gasteiger partial charge in [0.05, 0.1) is 6.04 Å². The maximum Gasteiger partial charge on any atom is 0.266 e. The first-order chi connectivity index (χ1) is 21.6. The second-order valence-electron chi connectivity index (χ2n) is 11.1. The van der Waals surface area contributed by atoms with Crippen LogP contribution < -0.4 is 15.6 Å². The number of nitrogens with two attached hydrogens (primary N) is 1. The summed E-state index contributed by atoms with van der Waals surface area (Å²) in [5, 5.41) is 3.27. The van der Waals surface area contributed by atoms with E-state index >= 15 is 0 Å². The standard InChI is InChI=1S/C14H21N2O3P.C13H19N.C8H18O.C2H6/c1-11(15)14(17)16-10-6-9-13(16)20(2,18)19-12-7-4-3-5-8-12;1-4-6-12-7-9-13(10-8-12)14-11(3)5-2;1-3-5-6-8-9-7-4-2;1-2/h3-5,7-8,11,13H,6,9-10,15H2,1-2H3;7-10,14H,3-6H2,1-2H3;3-8H2,1-2H3;1-2H3. The number of likely N-dealkylation sites (tertiary alicyclic amines) is 1. The Balaban J connectivity index is 0.000000676. The predicted octanol–water partition coefficient (Wildman–Crippen LogP) is 9.87. The van der Waals surface area contributed by atoms with Crippen molar-refractivity contribution in [1.82, 2.24) is 4.90 Å². The summed E-state index contributed by atoms with van der Waals surface area (Å²) in [5.41, 5.74) is 9.25. The molecule has 1 aliphatic rings. The summed E-state index contributed by atoms with van der Waals surface area (Å²) in [6, 6.07) is 17.1. The van der Waals surface area contributed by atoms with Crippen molar-refractivity contribution in [3.05, 3.63) is 72.4 Å². The average molecular weight is 646 g/mol. The summed E-state index contributed by atoms with van der Waals surface area (Å²) in [6.45, 7) is 22.3. The first kappa shape index (κ1) is 42.4. The summed E-state index contributed by atoms with van der Waals surface area (Å²) < 4.78 is 23.8. The molecule has 45 heavy (non-hydrogen) atoms. The third kappa shape index (κ3) is 18.2. The molecule has 3 rings (SSSR count). The summed E-state index contributed by atoms with van der Waals surface area (Å²) in [5.74, 6) is 0.0332. The predicted molar refractivity (Wildman–Crippen MR) is 194 cm³/mol. The lowest BCUT2D eigenvalue weighted by molar-refractivity contribution is -0.131. The number of hydrogen-bond acceptors (Lipinski definition) is 6. The Morgan fingerprint density at radius 3 is 2.18 bits per heavy atom. The van der Waals surface area contributed by atoms with Crippen molar-refractivity contribution in [3.8, 4) is 5.75 Å². The first-order valence-electron chi connectivity index (χ1n) is 17.1. The van der Waals surface area contributed by atoms with Crippen molar-refractivity contribution in [2.24, 2.45) is 5.73 Å². The Kier molecular flexibility index (Phi) is 24.1. The first-order valence-corrected chi connectivity index (χ1v) is 19.2. The average Bonchev–Trinajstić information content (AvgIpc) is 3.55. The molecule has 1 aliphatic heterocycles. The van der Waals surface area contributed by atoms with Gasteiger partial charge in [0.25, 0.3) is 7.37 Å². The number of allylic oxidation sites excluding steroid dienone is 1. The fourth-order valence-corrected chi connectivity index (χ4v) is 6.59. The van der Waals surface area contributed by atoms with Crippen LogP contribution in [0.3, 0.4) is 0 Å². The highest BCUT2D eigenvalue weighted by Crippen LogP contribution is 2.53. The molecule has 0 aromatic heterocycles. The third-order valence-corrected chi connectivity index (χ3v) is 9.14. The van der Waals surface area contributed by atoms with Crippen molar-refractivity contribution in [2.75, 3.05) is 31.7 Å². The van der Waals surface area contributed by atoms with E-state index in [2.05, 4.69) is 63.9 Å². The molecular formula is C37H64N3O4P. The van der Waals surface area contributed by atoms with Crippen LogP contribution in [0.1, 0.15) is 105 Å². The number of carbonyl (C=O) groups is 1. The number of ether oxygens (including phenoxy) is 1. The van der Waals surface area contributed by atoms with Gasteiger partial charge in [-0.15, -0.1) is 0 Å². The van der Waals surface area contributed by atoms with Gasteiger partial charge in [-0.3, -0.25) is 9.36 Å². The minimum atomic E-state index is -2.96. The number of anilines is 1. The Bertz CT molecular complexity index is 1070. The molecule has 1 amide bonds. The summed E-state index contributed by atoms with van der Waals surface area (Å²) in [6.07, 6.45) is 9.83. The molecule has 1 heterocycles. The molecule has 3 atom stereocenters. The fraction of sp³-hybridized carbons (Fsp3) is 0.595. The van der Waals surface area contributed by atoms with Gasteiger partial charge in [-0.1, -0.05) is 97.7 Å². The van der Waals surface area contributed by atoms with Crippen LogP contribution >= 0.6 is 7.37 Å². The minimum absolute atomic E-state index is 0.161. The van der Waals surface area contributed by atoms with E-state index in [0.29, 0.717) is 18.7 Å². The van der Waals surface area contributed by atoms with Gasteiger partial charge in [-0.2, -0.15) is 0 Å². The smallest absolute Gasteiger partial charge is 0.266 e. The van der Waals surface area contributed by atoms with Crippen molar-refractivity contribution < 1.29 is 18.6 Å². The lowest BCUT2D eigenvalue weighted by Crippen LogP contribution is -2.44. The van der Waals surface area contributed by atoms with E-state index in [9.17, 15) is 9.36 Å². The molecule has 0 aliphatic carbocycles. The molecule has 2 aromatic carbocycles. The Hall–Kier alpha value is -2.60. The number of amides is 1. The second-order valence-corrected chi connectivity index (χ2v) is 13.7. The van der Waals surface area contributed by atoms with Gasteiger partial charge in [0, 0.05) is 37.8 Å². The molecule has 256 valence electrons. The highest BCUT2D eigenvalue weighted by Gasteiger charge is 2.41. The van der Waals surface area contributed by atoms with E-state index in [1.54, 1.807) is 30.6 Å². The van der Waals surface area contributed by atoms with Crippen molar-refractivity contribution in [2.45, 2.75) is 118 Å². The van der Waals surface area contributed by atoms with E-state index < -0.39 is 13.4 Å². The molecular weight excluding hydrogens is 581 g/mol. The molecule has 8 heteroatoms. The molecule has 0 radical (unpaired) electrons. The maximum atomic E-state index is 12.9. The zero-order valence-electron chi connectivity index (χ0n) is 29.6. The molecule has 3 unspecified atom stereocenters. The van der Waals surface area contributed by atoms with Gasteiger partial charge in [-0.05, 0) is 75.3 Å². The quantitative estimate of drug-likeness (QED) is 0.148. The van der Waals surface area contributed by atoms with Gasteiger partial charge in [0.15, 0.2) is 0 Å². The van der Waals surface area contributed by atoms with E-state index in [1.807, 2.05) is 32.0 Å². The van der Waals surface area contributed by atoms with E-state index in [0.717, 1.165) is 50.3 Å². The molecule has 2 aromatic rings. The molecule has 0 saturated carbocycles. The number of benzene rings is 2. The van der Waals surface area contributed by atoms with Crippen LogP contribution in [0.15, 0.2) is 66.9 Å². The van der Waals surface area contributed by atoms with Crippen LogP contribution in [-0.2, 0) is 20.5 Å². The Morgan fingerprint density at radius 1 is 1.00 bits per heavy atom. The molecule has 1 fully saturated rings. The fourth-order valence-electron chi connectivity index (χ4n) is 4.54. The maximum absolute atomic E-state index is 12.9. The van der Waals surface area contributed by atoms with Crippen LogP contribution in [0.2, 0.25) is 0 Å². The van der Waals surface area contributed by atoms with Gasteiger partial charge < -0.3 is 25.2 Å². The number of hydrogen-bond donors (Lipinski definition) is 2. The molecule has 7 nitrogen and oxygen atoms in total. The number of nitrogens with one attached hydrogen (secondary N) is 1. The summed E-state index contributed by atoms with van der Waals surface area (Å²) in [4.78, 5) is 13.7. The normalized spacial score (nSPS) is 15.5. The van der Waals surface area contributed by atoms with Gasteiger partial charge in [0.1, 0.15) is 11.5 Å². The van der Waals surface area contributed by atoms with E-state index in [-0.39, 0.29) is 11.7 Å². The lowest BCUT2D eigenvalue weighted by atomic mass is 10.1. The molecule has 1 saturated heterocycles. The van der Waals surface area contributed by atoms with Gasteiger partial charge in [0.2, 0.25) is 5.91 Å². The van der Waals surface area contributed by atoms with Crippen molar-refractivity contribution in [1.29, 1.82) is 0 Å². The van der Waals surface area contributed by atoms with Crippen LogP contribution in [-0.4, -0.2) is 49.1 Å². The zero-order valence-corrected chi connectivity index (χ0v) is 30.5. The van der Waals surface area contributed by atoms with Crippen molar-refractivity contribution in [3.63, 3.8) is 0 Å². The number of nitrogens with zero attached hydrogens (tertiary/aromatic N) is 1. The number of rotatable bonds is 15. The number of para-hydroxylation sites is 1.